The fraction of sp³-hybridized carbons (Fsp3) is 0.316. The highest BCUT2D eigenvalue weighted by Gasteiger charge is 2.13. The van der Waals surface area contributed by atoms with Gasteiger partial charge in [0.1, 0.15) is 10.7 Å². The van der Waals surface area contributed by atoms with Crippen LogP contribution in [0.25, 0.3) is 10.2 Å². The third-order valence-corrected chi connectivity index (χ3v) is 5.52. The molecule has 3 aromatic rings. The Morgan fingerprint density at radius 3 is 2.70 bits per heavy atom. The van der Waals surface area contributed by atoms with E-state index in [1.165, 1.54) is 11.3 Å². The van der Waals surface area contributed by atoms with Crippen LogP contribution in [0.4, 0.5) is 0 Å². The topological polar surface area (TPSA) is 101 Å². The molecule has 0 spiro atoms. The molecule has 1 amide bonds. The Morgan fingerprint density at radius 1 is 1.30 bits per heavy atom. The number of carbonyl (C=O) groups excluding carboxylic acids is 1. The molecule has 4 N–H and O–H groups in total. The molecule has 0 aliphatic carbocycles. The van der Waals surface area contributed by atoms with Gasteiger partial charge in [-0.3, -0.25) is 9.59 Å². The molecular formula is C19H23ClN4O2S. The summed E-state index contributed by atoms with van der Waals surface area (Å²) in [5.41, 5.74) is 7.89. The minimum atomic E-state index is -0.244. The first kappa shape index (κ1) is 21.1. The molecule has 8 heteroatoms. The number of amides is 1. The molecule has 2 aromatic heterocycles. The van der Waals surface area contributed by atoms with Crippen molar-refractivity contribution in [3.63, 3.8) is 0 Å². The van der Waals surface area contributed by atoms with Gasteiger partial charge < -0.3 is 16.0 Å². The summed E-state index contributed by atoms with van der Waals surface area (Å²) < 4.78 is 0. The van der Waals surface area contributed by atoms with E-state index in [9.17, 15) is 9.59 Å². The van der Waals surface area contributed by atoms with Crippen molar-refractivity contribution in [3.8, 4) is 0 Å². The Kier molecular flexibility index (Phi) is 7.12. The lowest BCUT2D eigenvalue weighted by atomic mass is 10.1. The van der Waals surface area contributed by atoms with Crippen LogP contribution >= 0.6 is 23.7 Å². The van der Waals surface area contributed by atoms with Crippen molar-refractivity contribution in [1.82, 2.24) is 15.3 Å². The van der Waals surface area contributed by atoms with Crippen LogP contribution < -0.4 is 16.6 Å². The van der Waals surface area contributed by atoms with Crippen molar-refractivity contribution < 1.29 is 4.79 Å². The fourth-order valence-corrected chi connectivity index (χ4v) is 3.83. The van der Waals surface area contributed by atoms with Crippen molar-refractivity contribution in [1.29, 1.82) is 0 Å². The zero-order valence-electron chi connectivity index (χ0n) is 15.2. The molecule has 27 heavy (non-hydrogen) atoms. The molecule has 144 valence electrons. The van der Waals surface area contributed by atoms with Gasteiger partial charge in [-0.05, 0) is 25.0 Å². The van der Waals surface area contributed by atoms with Crippen molar-refractivity contribution in [2.45, 2.75) is 32.7 Å². The quantitative estimate of drug-likeness (QED) is 0.585. The van der Waals surface area contributed by atoms with E-state index in [-0.39, 0.29) is 36.3 Å². The summed E-state index contributed by atoms with van der Waals surface area (Å²) in [6.07, 6.45) is 0.632. The standard InChI is InChI=1S/C19H22N4O2S.ClH/c1-11-12(2)26-19-17(11)18(25)22-15(23-19)8-9-16(24)21-10-14(20)13-6-4-3-5-7-13;/h3-7,14H,8-10,20H2,1-2H3,(H,21,24)(H,22,23,25);1H. The van der Waals surface area contributed by atoms with Gasteiger partial charge in [0.05, 0.1) is 5.39 Å². The molecule has 0 bridgehead atoms. The first-order chi connectivity index (χ1) is 12.5. The highest BCUT2D eigenvalue weighted by molar-refractivity contribution is 7.18. The number of nitrogens with two attached hydrogens (primary N) is 1. The minimum absolute atomic E-state index is 0. The highest BCUT2D eigenvalue weighted by Crippen LogP contribution is 2.25. The minimum Gasteiger partial charge on any atom is -0.354 e. The Hall–Kier alpha value is -2.22. The maximum absolute atomic E-state index is 12.2. The number of H-pyrrole nitrogens is 1. The van der Waals surface area contributed by atoms with Gasteiger partial charge in [-0.15, -0.1) is 23.7 Å². The summed E-state index contributed by atoms with van der Waals surface area (Å²) >= 11 is 1.50. The van der Waals surface area contributed by atoms with Crippen LogP contribution in [0.2, 0.25) is 0 Å². The number of hydrogen-bond acceptors (Lipinski definition) is 5. The number of nitrogens with zero attached hydrogens (tertiary/aromatic N) is 1. The molecule has 0 saturated carbocycles. The van der Waals surface area contributed by atoms with E-state index in [0.717, 1.165) is 20.8 Å². The molecule has 3 rings (SSSR count). The van der Waals surface area contributed by atoms with Crippen molar-refractivity contribution in [2.75, 3.05) is 6.54 Å². The van der Waals surface area contributed by atoms with E-state index in [1.54, 1.807) is 0 Å². The van der Waals surface area contributed by atoms with Gasteiger partial charge in [-0.1, -0.05) is 30.3 Å². The molecule has 0 radical (unpaired) electrons. The van der Waals surface area contributed by atoms with Gasteiger partial charge in [-0.2, -0.15) is 0 Å². The second-order valence-electron chi connectivity index (χ2n) is 6.30. The second-order valence-corrected chi connectivity index (χ2v) is 7.50. The molecule has 0 saturated heterocycles. The van der Waals surface area contributed by atoms with Gasteiger partial charge in [0.25, 0.3) is 5.56 Å². The van der Waals surface area contributed by atoms with Crippen LogP contribution in [0.5, 0.6) is 0 Å². The van der Waals surface area contributed by atoms with Crippen LogP contribution in [-0.2, 0) is 11.2 Å². The van der Waals surface area contributed by atoms with Gasteiger partial charge >= 0.3 is 0 Å². The maximum Gasteiger partial charge on any atom is 0.259 e. The Labute approximate surface area is 167 Å². The number of thiophene rings is 1. The van der Waals surface area contributed by atoms with Gasteiger partial charge in [0, 0.05) is 30.3 Å². The predicted octanol–water partition coefficient (Wildman–Crippen LogP) is 2.77. The van der Waals surface area contributed by atoms with Crippen LogP contribution in [0, 0.1) is 13.8 Å². The van der Waals surface area contributed by atoms with Crippen molar-refractivity contribution in [3.05, 3.63) is 62.5 Å². The van der Waals surface area contributed by atoms with E-state index in [2.05, 4.69) is 15.3 Å². The fourth-order valence-electron chi connectivity index (χ4n) is 2.78. The average molecular weight is 407 g/mol. The molecule has 0 aliphatic heterocycles. The van der Waals surface area contributed by atoms with Crippen LogP contribution in [0.15, 0.2) is 35.1 Å². The third kappa shape index (κ3) is 4.94. The predicted molar refractivity (Wildman–Crippen MR) is 112 cm³/mol. The molecule has 1 atom stereocenters. The van der Waals surface area contributed by atoms with Crippen LogP contribution in [0.3, 0.4) is 0 Å². The number of aromatic amines is 1. The summed E-state index contributed by atoms with van der Waals surface area (Å²) in [7, 11) is 0. The maximum atomic E-state index is 12.2. The van der Waals surface area contributed by atoms with E-state index in [0.29, 0.717) is 24.2 Å². The van der Waals surface area contributed by atoms with Gasteiger partial charge in [0.15, 0.2) is 0 Å². The van der Waals surface area contributed by atoms with Gasteiger partial charge in [-0.25, -0.2) is 4.98 Å². The number of aromatic nitrogens is 2. The lowest BCUT2D eigenvalue weighted by Gasteiger charge is -2.13. The Bertz CT molecular complexity index is 985. The van der Waals surface area contributed by atoms with E-state index >= 15 is 0 Å². The molecular weight excluding hydrogens is 384 g/mol. The summed E-state index contributed by atoms with van der Waals surface area (Å²) in [5.74, 6) is 0.420. The molecule has 2 heterocycles. The largest absolute Gasteiger partial charge is 0.354 e. The first-order valence-corrected chi connectivity index (χ1v) is 9.33. The number of rotatable bonds is 6. The monoisotopic (exact) mass is 406 g/mol. The first-order valence-electron chi connectivity index (χ1n) is 8.52. The number of hydrogen-bond donors (Lipinski definition) is 3. The number of aryl methyl sites for hydroxylation is 3. The second kappa shape index (κ2) is 9.12. The molecule has 0 fully saturated rings. The van der Waals surface area contributed by atoms with E-state index in [4.69, 9.17) is 5.73 Å². The number of benzene rings is 1. The zero-order valence-corrected chi connectivity index (χ0v) is 16.9. The zero-order chi connectivity index (χ0) is 18.7. The molecule has 1 aromatic carbocycles. The molecule has 1 unspecified atom stereocenters. The highest BCUT2D eigenvalue weighted by atomic mass is 35.5. The summed E-state index contributed by atoms with van der Waals surface area (Å²) in [4.78, 5) is 33.4. The SMILES string of the molecule is Cc1sc2nc(CCC(=O)NCC(N)c3ccccc3)[nH]c(=O)c2c1C.Cl. The van der Waals surface area contributed by atoms with Crippen LogP contribution in [-0.4, -0.2) is 22.4 Å². The third-order valence-electron chi connectivity index (χ3n) is 4.42. The molecule has 6 nitrogen and oxygen atoms in total. The van der Waals surface area contributed by atoms with Crippen molar-refractivity contribution >= 4 is 39.9 Å². The molecule has 0 aliphatic rings. The lowest BCUT2D eigenvalue weighted by Crippen LogP contribution is -2.32. The van der Waals surface area contributed by atoms with E-state index < -0.39 is 0 Å². The Balaban J connectivity index is 0.00000261. The van der Waals surface area contributed by atoms with Crippen molar-refractivity contribution in [2.24, 2.45) is 5.73 Å². The Morgan fingerprint density at radius 2 is 2.00 bits per heavy atom. The normalized spacial score (nSPS) is 11.8. The van der Waals surface area contributed by atoms with Gasteiger partial charge in [0.2, 0.25) is 5.91 Å². The number of nitrogens with one attached hydrogen (secondary N) is 2. The summed E-state index contributed by atoms with van der Waals surface area (Å²) in [5, 5.41) is 3.48. The number of fused-ring (bicyclic) bond motifs is 1. The smallest absolute Gasteiger partial charge is 0.259 e. The summed E-state index contributed by atoms with van der Waals surface area (Å²) in [6.45, 7) is 4.27. The van der Waals surface area contributed by atoms with E-state index in [1.807, 2.05) is 44.2 Å². The van der Waals surface area contributed by atoms with Crippen LogP contribution in [0.1, 0.15) is 34.3 Å². The number of carbonyl (C=O) groups is 1. The summed E-state index contributed by atoms with van der Waals surface area (Å²) in [6, 6.07) is 9.39. The lowest BCUT2D eigenvalue weighted by molar-refractivity contribution is -0.121. The number of halogens is 1. The average Bonchev–Trinajstić information content (AvgIpc) is 2.93.